The Kier molecular flexibility index (Phi) is 5.10. The third kappa shape index (κ3) is 4.42. The lowest BCUT2D eigenvalue weighted by molar-refractivity contribution is 0.0696. The minimum atomic E-state index is -1.02. The van der Waals surface area contributed by atoms with Gasteiger partial charge < -0.3 is 20.5 Å². The van der Waals surface area contributed by atoms with Crippen molar-refractivity contribution >= 4 is 12.0 Å². The van der Waals surface area contributed by atoms with E-state index in [1.807, 2.05) is 6.92 Å². The SMILES string of the molecule is CC(NC(=O)NCc1cc(C(=O)O)ccn1)C1CCOC1. The van der Waals surface area contributed by atoms with Gasteiger partial charge in [0.2, 0.25) is 0 Å². The summed E-state index contributed by atoms with van der Waals surface area (Å²) >= 11 is 0. The molecule has 1 aliphatic rings. The topological polar surface area (TPSA) is 101 Å². The first-order valence-electron chi connectivity index (χ1n) is 6.86. The maximum Gasteiger partial charge on any atom is 0.335 e. The van der Waals surface area contributed by atoms with Crippen molar-refractivity contribution in [3.8, 4) is 0 Å². The summed E-state index contributed by atoms with van der Waals surface area (Å²) in [6, 6.07) is 2.59. The fourth-order valence-corrected chi connectivity index (χ4v) is 2.20. The fraction of sp³-hybridized carbons (Fsp3) is 0.500. The number of pyridine rings is 1. The van der Waals surface area contributed by atoms with Crippen LogP contribution < -0.4 is 10.6 Å². The molecule has 2 unspecified atom stereocenters. The first-order valence-corrected chi connectivity index (χ1v) is 6.86. The summed E-state index contributed by atoms with van der Waals surface area (Å²) in [6.45, 7) is 3.54. The molecule has 2 amide bonds. The molecule has 0 saturated carbocycles. The predicted molar refractivity (Wildman–Crippen MR) is 75.0 cm³/mol. The number of nitrogens with zero attached hydrogens (tertiary/aromatic N) is 1. The number of carbonyl (C=O) groups is 2. The first-order chi connectivity index (χ1) is 10.1. The summed E-state index contributed by atoms with van der Waals surface area (Å²) in [5.41, 5.74) is 0.653. The van der Waals surface area contributed by atoms with Crippen LogP contribution in [-0.4, -0.2) is 41.3 Å². The minimum Gasteiger partial charge on any atom is -0.478 e. The zero-order chi connectivity index (χ0) is 15.2. The Balaban J connectivity index is 1.80. The molecule has 0 spiro atoms. The van der Waals surface area contributed by atoms with E-state index in [1.165, 1.54) is 18.3 Å². The number of aromatic carboxylic acids is 1. The highest BCUT2D eigenvalue weighted by Gasteiger charge is 2.23. The van der Waals surface area contributed by atoms with Gasteiger partial charge in [-0.1, -0.05) is 0 Å². The van der Waals surface area contributed by atoms with Crippen LogP contribution in [0.15, 0.2) is 18.3 Å². The van der Waals surface area contributed by atoms with Gasteiger partial charge in [0.25, 0.3) is 0 Å². The van der Waals surface area contributed by atoms with Crippen molar-refractivity contribution in [3.63, 3.8) is 0 Å². The summed E-state index contributed by atoms with van der Waals surface area (Å²) in [5, 5.41) is 14.4. The number of urea groups is 1. The van der Waals surface area contributed by atoms with Gasteiger partial charge >= 0.3 is 12.0 Å². The number of rotatable bonds is 5. The van der Waals surface area contributed by atoms with Crippen LogP contribution in [0.3, 0.4) is 0 Å². The van der Waals surface area contributed by atoms with E-state index in [4.69, 9.17) is 9.84 Å². The third-order valence-corrected chi connectivity index (χ3v) is 3.52. The Bertz CT molecular complexity index is 515. The van der Waals surface area contributed by atoms with Gasteiger partial charge in [-0.3, -0.25) is 4.98 Å². The van der Waals surface area contributed by atoms with Crippen LogP contribution >= 0.6 is 0 Å². The van der Waals surface area contributed by atoms with Gasteiger partial charge in [0.05, 0.1) is 24.4 Å². The molecule has 0 bridgehead atoms. The third-order valence-electron chi connectivity index (χ3n) is 3.52. The zero-order valence-electron chi connectivity index (χ0n) is 11.8. The molecule has 21 heavy (non-hydrogen) atoms. The molecule has 0 radical (unpaired) electrons. The molecule has 0 aromatic carbocycles. The van der Waals surface area contributed by atoms with Crippen molar-refractivity contribution in [1.29, 1.82) is 0 Å². The summed E-state index contributed by atoms with van der Waals surface area (Å²) in [5.74, 6) is -0.679. The molecular formula is C14H19N3O4. The van der Waals surface area contributed by atoms with Gasteiger partial charge in [0, 0.05) is 24.8 Å². The smallest absolute Gasteiger partial charge is 0.335 e. The first kappa shape index (κ1) is 15.2. The normalized spacial score (nSPS) is 19.0. The summed E-state index contributed by atoms with van der Waals surface area (Å²) < 4.78 is 5.29. The molecule has 3 N–H and O–H groups in total. The number of carboxylic acid groups (broad SMARTS) is 1. The van der Waals surface area contributed by atoms with Gasteiger partial charge in [0.15, 0.2) is 0 Å². The average Bonchev–Trinajstić information content (AvgIpc) is 2.99. The van der Waals surface area contributed by atoms with Gasteiger partial charge in [-0.05, 0) is 25.5 Å². The largest absolute Gasteiger partial charge is 0.478 e. The maximum atomic E-state index is 11.8. The Labute approximate surface area is 122 Å². The van der Waals surface area contributed by atoms with Crippen LogP contribution in [0, 0.1) is 5.92 Å². The Morgan fingerprint density at radius 2 is 2.38 bits per heavy atom. The molecule has 1 aromatic heterocycles. The summed E-state index contributed by atoms with van der Waals surface area (Å²) in [6.07, 6.45) is 2.36. The molecule has 0 aliphatic carbocycles. The van der Waals surface area contributed by atoms with Crippen molar-refractivity contribution in [2.45, 2.75) is 25.9 Å². The Morgan fingerprint density at radius 3 is 3.05 bits per heavy atom. The van der Waals surface area contributed by atoms with Crippen LogP contribution in [0.2, 0.25) is 0 Å². The van der Waals surface area contributed by atoms with Crippen LogP contribution in [0.1, 0.15) is 29.4 Å². The average molecular weight is 293 g/mol. The highest BCUT2D eigenvalue weighted by atomic mass is 16.5. The molecule has 7 heteroatoms. The van der Waals surface area contributed by atoms with Crippen molar-refractivity contribution < 1.29 is 19.4 Å². The lowest BCUT2D eigenvalue weighted by Crippen LogP contribution is -2.44. The quantitative estimate of drug-likeness (QED) is 0.752. The second kappa shape index (κ2) is 7.03. The second-order valence-electron chi connectivity index (χ2n) is 5.08. The molecule has 1 aliphatic heterocycles. The van der Waals surface area contributed by atoms with E-state index < -0.39 is 5.97 Å². The number of hydrogen-bond acceptors (Lipinski definition) is 4. The standard InChI is InChI=1S/C14H19N3O4/c1-9(11-3-5-21-8-11)17-14(20)16-7-12-6-10(13(18)19)2-4-15-12/h2,4,6,9,11H,3,5,7-8H2,1H3,(H,18,19)(H2,16,17,20). The van der Waals surface area contributed by atoms with Crippen molar-refractivity contribution in [2.75, 3.05) is 13.2 Å². The maximum absolute atomic E-state index is 11.8. The van der Waals surface area contributed by atoms with E-state index in [9.17, 15) is 9.59 Å². The van der Waals surface area contributed by atoms with E-state index in [0.29, 0.717) is 18.2 Å². The monoisotopic (exact) mass is 293 g/mol. The number of carboxylic acids is 1. The number of ether oxygens (including phenoxy) is 1. The number of carbonyl (C=O) groups excluding carboxylic acids is 1. The van der Waals surface area contributed by atoms with E-state index >= 15 is 0 Å². The van der Waals surface area contributed by atoms with Crippen molar-refractivity contribution in [2.24, 2.45) is 5.92 Å². The Morgan fingerprint density at radius 1 is 1.57 bits per heavy atom. The second-order valence-corrected chi connectivity index (χ2v) is 5.08. The van der Waals surface area contributed by atoms with E-state index in [1.54, 1.807) is 0 Å². The lowest BCUT2D eigenvalue weighted by Gasteiger charge is -2.19. The summed E-state index contributed by atoms with van der Waals surface area (Å²) in [7, 11) is 0. The molecule has 7 nitrogen and oxygen atoms in total. The van der Waals surface area contributed by atoms with Gasteiger partial charge in [0.1, 0.15) is 0 Å². The number of aromatic nitrogens is 1. The van der Waals surface area contributed by atoms with Gasteiger partial charge in [-0.15, -0.1) is 0 Å². The highest BCUT2D eigenvalue weighted by Crippen LogP contribution is 2.16. The van der Waals surface area contributed by atoms with Crippen LogP contribution in [-0.2, 0) is 11.3 Å². The van der Waals surface area contributed by atoms with Crippen LogP contribution in [0.25, 0.3) is 0 Å². The lowest BCUT2D eigenvalue weighted by atomic mass is 10.0. The van der Waals surface area contributed by atoms with Crippen LogP contribution in [0.4, 0.5) is 4.79 Å². The minimum absolute atomic E-state index is 0.0332. The van der Waals surface area contributed by atoms with Crippen LogP contribution in [0.5, 0.6) is 0 Å². The molecule has 1 saturated heterocycles. The Hall–Kier alpha value is -2.15. The fourth-order valence-electron chi connectivity index (χ4n) is 2.20. The van der Waals surface area contributed by atoms with E-state index in [-0.39, 0.29) is 24.2 Å². The highest BCUT2D eigenvalue weighted by molar-refractivity contribution is 5.87. The summed E-state index contributed by atoms with van der Waals surface area (Å²) in [4.78, 5) is 26.7. The molecular weight excluding hydrogens is 274 g/mol. The number of amides is 2. The van der Waals surface area contributed by atoms with Gasteiger partial charge in [-0.25, -0.2) is 9.59 Å². The van der Waals surface area contributed by atoms with Crippen molar-refractivity contribution in [1.82, 2.24) is 15.6 Å². The van der Waals surface area contributed by atoms with Gasteiger partial charge in [-0.2, -0.15) is 0 Å². The molecule has 1 fully saturated rings. The number of hydrogen-bond donors (Lipinski definition) is 3. The molecule has 2 rings (SSSR count). The molecule has 2 atom stereocenters. The number of nitrogens with one attached hydrogen (secondary N) is 2. The molecule has 1 aromatic rings. The predicted octanol–water partition coefficient (Wildman–Crippen LogP) is 1.00. The van der Waals surface area contributed by atoms with Crippen molar-refractivity contribution in [3.05, 3.63) is 29.6 Å². The zero-order valence-corrected chi connectivity index (χ0v) is 11.8. The van der Waals surface area contributed by atoms with E-state index in [2.05, 4.69) is 15.6 Å². The molecule has 114 valence electrons. The molecule has 2 heterocycles. The van der Waals surface area contributed by atoms with E-state index in [0.717, 1.165) is 13.0 Å².